The normalized spacial score (nSPS) is 11.2. The number of benzene rings is 1. The largest absolute Gasteiger partial charge is 0.490 e. The summed E-state index contributed by atoms with van der Waals surface area (Å²) in [5.74, 6) is 1.83. The van der Waals surface area contributed by atoms with Crippen LogP contribution in [0.3, 0.4) is 0 Å². The van der Waals surface area contributed by atoms with Crippen LogP contribution < -0.4 is 10.1 Å². The van der Waals surface area contributed by atoms with Crippen LogP contribution in [0, 0.1) is 25.2 Å². The molecule has 0 aliphatic carbocycles. The molecular weight excluding hydrogens is 508 g/mol. The molecule has 0 amide bonds. The quantitative estimate of drug-likeness (QED) is 0.241. The Kier molecular flexibility index (Phi) is 7.68. The molecule has 4 aromatic heterocycles. The summed E-state index contributed by atoms with van der Waals surface area (Å²) in [6, 6.07) is 13.5. The maximum Gasteiger partial charge on any atom is 0.171 e. The van der Waals surface area contributed by atoms with Crippen LogP contribution in [-0.4, -0.2) is 78.8 Å². The first-order valence-corrected chi connectivity index (χ1v) is 12.8. The number of likely N-dealkylation sites (N-methyl/N-ethyl adjacent to an activating group) is 1. The van der Waals surface area contributed by atoms with Crippen LogP contribution in [0.2, 0.25) is 0 Å². The number of nitrogens with one attached hydrogen (secondary N) is 2. The van der Waals surface area contributed by atoms with Crippen molar-refractivity contribution in [3.05, 3.63) is 65.4 Å². The third-order valence-corrected chi connectivity index (χ3v) is 6.39. The number of anilines is 2. The van der Waals surface area contributed by atoms with Crippen molar-refractivity contribution >= 4 is 22.5 Å². The van der Waals surface area contributed by atoms with Crippen molar-refractivity contribution in [2.75, 3.05) is 39.2 Å². The van der Waals surface area contributed by atoms with Gasteiger partial charge in [-0.3, -0.25) is 9.67 Å². The standard InChI is InChI=1S/C28H30N10O2/c1-17-5-7-25(36-33-17)31-21-13-20-23(14-24(21)40-12-10-37(3)4)38(16-30-20)26-8-6-19(9-11-39)28(32-26)27-18(2)34-35-22(27)15-29/h5-8,13-14,16,39H,9-12H2,1-4H3,(H,31,36)(H,34,35). The third kappa shape index (κ3) is 5.47. The second-order valence-corrected chi connectivity index (χ2v) is 9.62. The summed E-state index contributed by atoms with van der Waals surface area (Å²) in [6.45, 7) is 4.91. The number of hydrogen-bond acceptors (Lipinski definition) is 10. The average Bonchev–Trinajstić information content (AvgIpc) is 3.52. The number of aliphatic hydroxyl groups excluding tert-OH is 1. The SMILES string of the molecule is Cc1ccc(Nc2cc3ncn(-c4ccc(CCO)c(-c5c(C#N)n[nH]c5C)n4)c3cc2OCCN(C)C)nn1. The molecule has 40 heavy (non-hydrogen) atoms. The molecule has 0 bridgehead atoms. The van der Waals surface area contributed by atoms with E-state index in [1.807, 2.05) is 73.8 Å². The zero-order valence-electron chi connectivity index (χ0n) is 22.8. The minimum Gasteiger partial charge on any atom is -0.490 e. The molecule has 0 fully saturated rings. The highest BCUT2D eigenvalue weighted by atomic mass is 16.5. The highest BCUT2D eigenvalue weighted by Gasteiger charge is 2.20. The fourth-order valence-corrected chi connectivity index (χ4v) is 4.33. The van der Waals surface area contributed by atoms with E-state index in [1.54, 1.807) is 6.33 Å². The van der Waals surface area contributed by atoms with E-state index in [-0.39, 0.29) is 12.3 Å². The van der Waals surface area contributed by atoms with E-state index >= 15 is 0 Å². The Bertz CT molecular complexity index is 1680. The van der Waals surface area contributed by atoms with E-state index in [1.165, 1.54) is 0 Å². The van der Waals surface area contributed by atoms with Gasteiger partial charge < -0.3 is 20.1 Å². The van der Waals surface area contributed by atoms with Gasteiger partial charge in [-0.1, -0.05) is 6.07 Å². The molecule has 0 radical (unpaired) electrons. The van der Waals surface area contributed by atoms with Gasteiger partial charge in [0.1, 0.15) is 30.6 Å². The molecule has 4 heterocycles. The Morgan fingerprint density at radius 1 is 1.15 bits per heavy atom. The number of fused-ring (bicyclic) bond motifs is 1. The smallest absolute Gasteiger partial charge is 0.171 e. The van der Waals surface area contributed by atoms with E-state index < -0.39 is 0 Å². The topological polar surface area (TPSA) is 154 Å². The summed E-state index contributed by atoms with van der Waals surface area (Å²) in [6.07, 6.45) is 2.10. The number of aromatic amines is 1. The first-order valence-electron chi connectivity index (χ1n) is 12.8. The van der Waals surface area contributed by atoms with E-state index in [2.05, 4.69) is 36.8 Å². The lowest BCUT2D eigenvalue weighted by atomic mass is 10.0. The lowest BCUT2D eigenvalue weighted by molar-refractivity contribution is 0.262. The molecule has 0 saturated heterocycles. The number of aliphatic hydroxyl groups is 1. The molecule has 204 valence electrons. The van der Waals surface area contributed by atoms with Crippen LogP contribution >= 0.6 is 0 Å². The fraction of sp³-hybridized carbons (Fsp3) is 0.286. The number of rotatable bonds is 10. The van der Waals surface area contributed by atoms with Gasteiger partial charge >= 0.3 is 0 Å². The maximum absolute atomic E-state index is 9.65. The van der Waals surface area contributed by atoms with E-state index in [0.717, 1.165) is 34.5 Å². The number of nitrogens with zero attached hydrogens (tertiary/aromatic N) is 8. The molecule has 12 nitrogen and oxygen atoms in total. The molecule has 0 saturated carbocycles. The molecule has 0 atom stereocenters. The summed E-state index contributed by atoms with van der Waals surface area (Å²) in [5, 5.41) is 37.9. The predicted molar refractivity (Wildman–Crippen MR) is 151 cm³/mol. The molecule has 5 rings (SSSR count). The highest BCUT2D eigenvalue weighted by molar-refractivity contribution is 5.86. The van der Waals surface area contributed by atoms with Gasteiger partial charge in [0.25, 0.3) is 0 Å². The number of H-pyrrole nitrogens is 1. The van der Waals surface area contributed by atoms with Crippen LogP contribution in [0.5, 0.6) is 5.75 Å². The Hall–Kier alpha value is -4.86. The van der Waals surface area contributed by atoms with Crippen molar-refractivity contribution in [3.63, 3.8) is 0 Å². The molecule has 0 spiro atoms. The fourth-order valence-electron chi connectivity index (χ4n) is 4.33. The van der Waals surface area contributed by atoms with Gasteiger partial charge in [-0.2, -0.15) is 15.5 Å². The molecular formula is C28H30N10O2. The van der Waals surface area contributed by atoms with Crippen molar-refractivity contribution in [1.29, 1.82) is 5.26 Å². The molecule has 0 aliphatic rings. The van der Waals surface area contributed by atoms with Gasteiger partial charge in [-0.15, -0.1) is 5.10 Å². The van der Waals surface area contributed by atoms with Gasteiger partial charge in [-0.25, -0.2) is 9.97 Å². The van der Waals surface area contributed by atoms with Crippen molar-refractivity contribution in [2.45, 2.75) is 20.3 Å². The highest BCUT2D eigenvalue weighted by Crippen LogP contribution is 2.34. The number of aromatic nitrogens is 7. The Morgan fingerprint density at radius 3 is 2.73 bits per heavy atom. The molecule has 5 aromatic rings. The average molecular weight is 539 g/mol. The number of nitriles is 1. The van der Waals surface area contributed by atoms with Crippen molar-refractivity contribution in [2.24, 2.45) is 0 Å². The first kappa shape index (κ1) is 26.7. The number of aryl methyl sites for hydroxylation is 2. The first-order chi connectivity index (χ1) is 19.4. The summed E-state index contributed by atoms with van der Waals surface area (Å²) in [4.78, 5) is 11.6. The molecule has 12 heteroatoms. The Balaban J connectivity index is 1.60. The number of ether oxygens (including phenoxy) is 1. The zero-order valence-corrected chi connectivity index (χ0v) is 22.8. The van der Waals surface area contributed by atoms with Crippen LogP contribution in [0.4, 0.5) is 11.5 Å². The van der Waals surface area contributed by atoms with Crippen molar-refractivity contribution in [3.8, 4) is 28.9 Å². The Morgan fingerprint density at radius 2 is 2.00 bits per heavy atom. The summed E-state index contributed by atoms with van der Waals surface area (Å²) in [5.41, 5.74) is 6.06. The minimum atomic E-state index is -0.0460. The van der Waals surface area contributed by atoms with Crippen LogP contribution in [-0.2, 0) is 6.42 Å². The summed E-state index contributed by atoms with van der Waals surface area (Å²) >= 11 is 0. The van der Waals surface area contributed by atoms with Gasteiger partial charge in [0.2, 0.25) is 0 Å². The third-order valence-electron chi connectivity index (χ3n) is 6.39. The monoisotopic (exact) mass is 538 g/mol. The zero-order chi connectivity index (χ0) is 28.2. The van der Waals surface area contributed by atoms with Crippen LogP contribution in [0.15, 0.2) is 42.7 Å². The number of imidazole rings is 1. The van der Waals surface area contributed by atoms with Crippen molar-refractivity contribution < 1.29 is 9.84 Å². The second-order valence-electron chi connectivity index (χ2n) is 9.62. The van der Waals surface area contributed by atoms with Gasteiger partial charge in [0.05, 0.1) is 33.7 Å². The van der Waals surface area contributed by atoms with E-state index in [9.17, 15) is 10.4 Å². The number of pyridine rings is 1. The Labute approximate surface area is 231 Å². The van der Waals surface area contributed by atoms with E-state index in [0.29, 0.717) is 47.4 Å². The molecule has 0 unspecified atom stereocenters. The second kappa shape index (κ2) is 11.5. The predicted octanol–water partition coefficient (Wildman–Crippen LogP) is 3.31. The lowest BCUT2D eigenvalue weighted by Crippen LogP contribution is -2.19. The van der Waals surface area contributed by atoms with Gasteiger partial charge in [0, 0.05) is 24.9 Å². The maximum atomic E-state index is 9.65. The summed E-state index contributed by atoms with van der Waals surface area (Å²) in [7, 11) is 3.98. The van der Waals surface area contributed by atoms with Crippen LogP contribution in [0.1, 0.15) is 22.6 Å². The van der Waals surface area contributed by atoms with Gasteiger partial charge in [0.15, 0.2) is 11.5 Å². The molecule has 3 N–H and O–H groups in total. The van der Waals surface area contributed by atoms with E-state index in [4.69, 9.17) is 9.72 Å². The van der Waals surface area contributed by atoms with Gasteiger partial charge in [-0.05, 0) is 64.2 Å². The lowest BCUT2D eigenvalue weighted by Gasteiger charge is -2.16. The molecule has 1 aromatic carbocycles. The van der Waals surface area contributed by atoms with Crippen molar-refractivity contribution in [1.82, 2.24) is 39.8 Å². The van der Waals surface area contributed by atoms with Crippen LogP contribution in [0.25, 0.3) is 28.1 Å². The number of hydrogen-bond donors (Lipinski definition) is 3. The summed E-state index contributed by atoms with van der Waals surface area (Å²) < 4.78 is 8.07. The minimum absolute atomic E-state index is 0.0460. The molecule has 0 aliphatic heterocycles.